The van der Waals surface area contributed by atoms with Gasteiger partial charge >= 0.3 is 0 Å². The lowest BCUT2D eigenvalue weighted by Crippen LogP contribution is -2.51. The second-order valence-electron chi connectivity index (χ2n) is 7.94. The van der Waals surface area contributed by atoms with Gasteiger partial charge in [0.05, 0.1) is 6.04 Å². The highest BCUT2D eigenvalue weighted by Gasteiger charge is 2.41. The molecule has 1 atom stereocenters. The maximum atomic E-state index is 12.9. The predicted molar refractivity (Wildman–Crippen MR) is 99.4 cm³/mol. The van der Waals surface area contributed by atoms with Gasteiger partial charge in [-0.25, -0.2) is 4.98 Å². The monoisotopic (exact) mass is 342 g/mol. The first-order chi connectivity index (χ1) is 12.3. The summed E-state index contributed by atoms with van der Waals surface area (Å²) < 4.78 is 0. The zero-order valence-corrected chi connectivity index (χ0v) is 15.0. The standard InChI is InChI=1S/C20H30N4O/c25-20(19(15-6-7-15)24-13-3-4-14-24)23-17-10-8-16(9-11-17)22-18-5-1-2-12-21-18/h1-2,5,12,15-17,19H,3-4,6-11,13-14H2,(H,21,22)(H,23,25). The third-order valence-electron chi connectivity index (χ3n) is 5.96. The second-order valence-corrected chi connectivity index (χ2v) is 7.94. The minimum Gasteiger partial charge on any atom is -0.367 e. The summed E-state index contributed by atoms with van der Waals surface area (Å²) in [4.78, 5) is 19.7. The van der Waals surface area contributed by atoms with Crippen molar-refractivity contribution in [3.63, 3.8) is 0 Å². The fourth-order valence-corrected chi connectivity index (χ4v) is 4.44. The van der Waals surface area contributed by atoms with Gasteiger partial charge in [0.25, 0.3) is 0 Å². The van der Waals surface area contributed by atoms with Crippen LogP contribution in [0.15, 0.2) is 24.4 Å². The molecule has 2 N–H and O–H groups in total. The molecule has 1 unspecified atom stereocenters. The van der Waals surface area contributed by atoms with Gasteiger partial charge in [0.1, 0.15) is 5.82 Å². The van der Waals surface area contributed by atoms with Gasteiger partial charge in [-0.05, 0) is 82.5 Å². The minimum absolute atomic E-state index is 0.145. The van der Waals surface area contributed by atoms with Gasteiger partial charge in [-0.1, -0.05) is 6.07 Å². The zero-order valence-electron chi connectivity index (χ0n) is 15.0. The molecule has 1 aromatic rings. The van der Waals surface area contributed by atoms with Gasteiger partial charge in [0.15, 0.2) is 0 Å². The minimum atomic E-state index is 0.145. The Bertz CT molecular complexity index is 560. The van der Waals surface area contributed by atoms with Crippen LogP contribution in [0.25, 0.3) is 0 Å². The highest BCUT2D eigenvalue weighted by Crippen LogP contribution is 2.37. The van der Waals surface area contributed by atoms with Crippen LogP contribution in [0.1, 0.15) is 51.4 Å². The summed E-state index contributed by atoms with van der Waals surface area (Å²) in [5.74, 6) is 1.86. The van der Waals surface area contributed by atoms with Crippen LogP contribution in [-0.4, -0.2) is 47.0 Å². The number of amides is 1. The number of likely N-dealkylation sites (tertiary alicyclic amines) is 1. The number of rotatable bonds is 6. The van der Waals surface area contributed by atoms with E-state index in [0.29, 0.717) is 23.9 Å². The van der Waals surface area contributed by atoms with Crippen LogP contribution >= 0.6 is 0 Å². The molecule has 3 fully saturated rings. The van der Waals surface area contributed by atoms with Crippen molar-refractivity contribution < 1.29 is 4.79 Å². The Morgan fingerprint density at radius 2 is 1.76 bits per heavy atom. The Morgan fingerprint density at radius 3 is 2.40 bits per heavy atom. The SMILES string of the molecule is O=C(NC1CCC(Nc2ccccn2)CC1)C(C1CC1)N1CCCC1. The van der Waals surface area contributed by atoms with Crippen molar-refractivity contribution in [2.75, 3.05) is 18.4 Å². The molecule has 1 amide bonds. The van der Waals surface area contributed by atoms with Gasteiger partial charge in [-0.2, -0.15) is 0 Å². The first kappa shape index (κ1) is 16.8. The highest BCUT2D eigenvalue weighted by molar-refractivity contribution is 5.82. The molecule has 136 valence electrons. The first-order valence-electron chi connectivity index (χ1n) is 10.0. The van der Waals surface area contributed by atoms with E-state index < -0.39 is 0 Å². The van der Waals surface area contributed by atoms with Gasteiger partial charge in [-0.15, -0.1) is 0 Å². The molecule has 5 nitrogen and oxygen atoms in total. The van der Waals surface area contributed by atoms with Crippen LogP contribution in [0, 0.1) is 5.92 Å². The van der Waals surface area contributed by atoms with Crippen molar-refractivity contribution in [2.45, 2.75) is 69.5 Å². The van der Waals surface area contributed by atoms with Gasteiger partial charge in [0, 0.05) is 18.3 Å². The van der Waals surface area contributed by atoms with E-state index in [9.17, 15) is 4.79 Å². The molecule has 1 saturated heterocycles. The van der Waals surface area contributed by atoms with E-state index >= 15 is 0 Å². The quantitative estimate of drug-likeness (QED) is 0.835. The summed E-state index contributed by atoms with van der Waals surface area (Å²) >= 11 is 0. The Hall–Kier alpha value is -1.62. The molecule has 25 heavy (non-hydrogen) atoms. The number of anilines is 1. The molecule has 0 spiro atoms. The van der Waals surface area contributed by atoms with E-state index in [2.05, 4.69) is 20.5 Å². The number of carbonyl (C=O) groups is 1. The molecule has 2 heterocycles. The molecule has 2 saturated carbocycles. The van der Waals surface area contributed by atoms with Crippen molar-refractivity contribution in [3.8, 4) is 0 Å². The number of carbonyl (C=O) groups excluding carboxylic acids is 1. The summed E-state index contributed by atoms with van der Waals surface area (Å²) in [6.45, 7) is 2.21. The smallest absolute Gasteiger partial charge is 0.237 e. The Morgan fingerprint density at radius 1 is 1.04 bits per heavy atom. The number of pyridine rings is 1. The molecule has 1 aromatic heterocycles. The zero-order chi connectivity index (χ0) is 17.1. The van der Waals surface area contributed by atoms with Crippen molar-refractivity contribution in [3.05, 3.63) is 24.4 Å². The fourth-order valence-electron chi connectivity index (χ4n) is 4.44. The maximum absolute atomic E-state index is 12.9. The second kappa shape index (κ2) is 7.73. The summed E-state index contributed by atoms with van der Waals surface area (Å²) in [5, 5.41) is 6.90. The van der Waals surface area contributed by atoms with E-state index in [1.807, 2.05) is 24.4 Å². The Balaban J connectivity index is 1.25. The van der Waals surface area contributed by atoms with Crippen LogP contribution in [0.5, 0.6) is 0 Å². The fraction of sp³-hybridized carbons (Fsp3) is 0.700. The molecule has 5 heteroatoms. The summed E-state index contributed by atoms with van der Waals surface area (Å²) in [5.41, 5.74) is 0. The third kappa shape index (κ3) is 4.32. The van der Waals surface area contributed by atoms with E-state index in [4.69, 9.17) is 0 Å². The van der Waals surface area contributed by atoms with Gasteiger partial charge < -0.3 is 10.6 Å². The summed E-state index contributed by atoms with van der Waals surface area (Å²) in [6.07, 6.45) is 11.1. The van der Waals surface area contributed by atoms with E-state index in [0.717, 1.165) is 44.6 Å². The van der Waals surface area contributed by atoms with Crippen LogP contribution in [-0.2, 0) is 4.79 Å². The van der Waals surface area contributed by atoms with E-state index in [-0.39, 0.29) is 6.04 Å². The Kier molecular flexibility index (Phi) is 5.20. The molecule has 1 aliphatic heterocycles. The molecular weight excluding hydrogens is 312 g/mol. The lowest BCUT2D eigenvalue weighted by molar-refractivity contribution is -0.127. The predicted octanol–water partition coefficient (Wildman–Crippen LogP) is 2.80. The molecule has 2 aliphatic carbocycles. The molecule has 0 radical (unpaired) electrons. The van der Waals surface area contributed by atoms with Crippen LogP contribution in [0.4, 0.5) is 5.82 Å². The average Bonchev–Trinajstić information content (AvgIpc) is 3.31. The molecular formula is C20H30N4O. The number of aromatic nitrogens is 1. The lowest BCUT2D eigenvalue weighted by Gasteiger charge is -2.33. The molecule has 0 bridgehead atoms. The van der Waals surface area contributed by atoms with Crippen LogP contribution < -0.4 is 10.6 Å². The third-order valence-corrected chi connectivity index (χ3v) is 5.96. The Labute approximate surface area is 150 Å². The molecule has 0 aromatic carbocycles. The van der Waals surface area contributed by atoms with Crippen molar-refractivity contribution in [1.29, 1.82) is 0 Å². The number of nitrogens with one attached hydrogen (secondary N) is 2. The first-order valence-corrected chi connectivity index (χ1v) is 10.0. The van der Waals surface area contributed by atoms with Crippen LogP contribution in [0.2, 0.25) is 0 Å². The largest absolute Gasteiger partial charge is 0.367 e. The number of hydrogen-bond acceptors (Lipinski definition) is 4. The normalized spacial score (nSPS) is 28.5. The average molecular weight is 342 g/mol. The van der Waals surface area contributed by atoms with E-state index in [1.165, 1.54) is 25.7 Å². The van der Waals surface area contributed by atoms with Gasteiger partial charge in [0.2, 0.25) is 5.91 Å². The van der Waals surface area contributed by atoms with Crippen molar-refractivity contribution in [1.82, 2.24) is 15.2 Å². The summed E-state index contributed by atoms with van der Waals surface area (Å²) in [7, 11) is 0. The maximum Gasteiger partial charge on any atom is 0.237 e. The van der Waals surface area contributed by atoms with Crippen molar-refractivity contribution >= 4 is 11.7 Å². The number of nitrogens with zero attached hydrogens (tertiary/aromatic N) is 2. The molecule has 4 rings (SSSR count). The van der Waals surface area contributed by atoms with Gasteiger partial charge in [-0.3, -0.25) is 9.69 Å². The van der Waals surface area contributed by atoms with E-state index in [1.54, 1.807) is 0 Å². The highest BCUT2D eigenvalue weighted by atomic mass is 16.2. The molecule has 3 aliphatic rings. The summed E-state index contributed by atoms with van der Waals surface area (Å²) in [6, 6.07) is 6.93. The lowest BCUT2D eigenvalue weighted by atomic mass is 9.90. The van der Waals surface area contributed by atoms with Crippen molar-refractivity contribution in [2.24, 2.45) is 5.92 Å². The van der Waals surface area contributed by atoms with Crippen LogP contribution in [0.3, 0.4) is 0 Å². The topological polar surface area (TPSA) is 57.3 Å². The number of hydrogen-bond donors (Lipinski definition) is 2.